The van der Waals surface area contributed by atoms with E-state index in [1.54, 1.807) is 13.8 Å². The third-order valence-electron chi connectivity index (χ3n) is 12.3. The number of hydrogen-bond acceptors (Lipinski definition) is 8. The molecule has 0 aromatic heterocycles. The number of esters is 4. The highest BCUT2D eigenvalue weighted by molar-refractivity contribution is 5.82. The van der Waals surface area contributed by atoms with Gasteiger partial charge in [-0.1, -0.05) is 27.2 Å². The maximum absolute atomic E-state index is 12.5. The zero-order valence-corrected chi connectivity index (χ0v) is 31.3. The van der Waals surface area contributed by atoms with Crippen molar-refractivity contribution < 1.29 is 38.1 Å². The molecule has 6 rings (SSSR count). The smallest absolute Gasteiger partial charge is 0.347 e. The van der Waals surface area contributed by atoms with Gasteiger partial charge in [0.2, 0.25) is 6.10 Å². The Hall–Kier alpha value is -2.12. The van der Waals surface area contributed by atoms with Gasteiger partial charge in [-0.2, -0.15) is 0 Å². The minimum absolute atomic E-state index is 0.0185. The van der Waals surface area contributed by atoms with Crippen LogP contribution in [-0.2, 0) is 38.1 Å². The predicted octanol–water partition coefficient (Wildman–Crippen LogP) is 8.76. The van der Waals surface area contributed by atoms with Crippen LogP contribution < -0.4 is 0 Å². The van der Waals surface area contributed by atoms with Crippen LogP contribution in [0.25, 0.3) is 0 Å². The average molecular weight is 663 g/mol. The van der Waals surface area contributed by atoms with E-state index in [9.17, 15) is 19.2 Å². The maximum atomic E-state index is 12.5. The summed E-state index contributed by atoms with van der Waals surface area (Å²) in [5.74, 6) is 2.34. The molecule has 47 heavy (non-hydrogen) atoms. The van der Waals surface area contributed by atoms with Crippen LogP contribution in [0.15, 0.2) is 0 Å². The number of ether oxygens (including phenoxy) is 4. The van der Waals surface area contributed by atoms with Crippen molar-refractivity contribution >= 4 is 23.9 Å². The van der Waals surface area contributed by atoms with E-state index in [0.717, 1.165) is 37.5 Å². The molecule has 0 spiro atoms. The lowest BCUT2D eigenvalue weighted by Gasteiger charge is -2.59. The summed E-state index contributed by atoms with van der Waals surface area (Å²) in [5.41, 5.74) is -1.34. The summed E-state index contributed by atoms with van der Waals surface area (Å²) in [6.07, 6.45) is 14.8. The summed E-state index contributed by atoms with van der Waals surface area (Å²) in [6, 6.07) is 0. The second-order valence-electron chi connectivity index (χ2n) is 17.1. The lowest BCUT2D eigenvalue weighted by atomic mass is 9.50. The molecule has 1 aliphatic heterocycles. The van der Waals surface area contributed by atoms with E-state index in [0.29, 0.717) is 31.3 Å². The molecule has 1 atom stereocenters. The predicted molar refractivity (Wildman–Crippen MR) is 182 cm³/mol. The Morgan fingerprint density at radius 1 is 0.681 bits per heavy atom. The van der Waals surface area contributed by atoms with Gasteiger partial charge in [-0.25, -0.2) is 4.79 Å². The molecule has 0 amide bonds. The Morgan fingerprint density at radius 2 is 1.13 bits per heavy atom. The van der Waals surface area contributed by atoms with Crippen molar-refractivity contribution in [2.24, 2.45) is 39.9 Å². The lowest BCUT2D eigenvalue weighted by molar-refractivity contribution is -0.211. The van der Waals surface area contributed by atoms with Gasteiger partial charge in [0, 0.05) is 6.42 Å². The maximum Gasteiger partial charge on any atom is 0.347 e. The van der Waals surface area contributed by atoms with Crippen LogP contribution in [0.1, 0.15) is 159 Å². The van der Waals surface area contributed by atoms with Crippen LogP contribution in [0.2, 0.25) is 0 Å². The van der Waals surface area contributed by atoms with Crippen LogP contribution in [0.4, 0.5) is 0 Å². The lowest BCUT2D eigenvalue weighted by Crippen LogP contribution is -2.58. The average Bonchev–Trinajstić information content (AvgIpc) is 3.44. The summed E-state index contributed by atoms with van der Waals surface area (Å²) >= 11 is 0. The zero-order valence-electron chi connectivity index (χ0n) is 31.3. The molecule has 270 valence electrons. The molecule has 1 heterocycles. The molecule has 6 aliphatic rings. The van der Waals surface area contributed by atoms with Gasteiger partial charge in [0.1, 0.15) is 11.7 Å². The molecule has 6 fully saturated rings. The first-order valence-electron chi connectivity index (χ1n) is 18.7. The first-order chi connectivity index (χ1) is 21.9. The summed E-state index contributed by atoms with van der Waals surface area (Å²) in [5, 5.41) is 0. The molecule has 5 saturated carbocycles. The Kier molecular flexibility index (Phi) is 13.4. The Bertz CT molecular complexity index is 1050. The van der Waals surface area contributed by atoms with Gasteiger partial charge in [0.15, 0.2) is 0 Å². The monoisotopic (exact) mass is 662 g/mol. The minimum Gasteiger partial charge on any atom is -0.463 e. The molecule has 0 aromatic rings. The van der Waals surface area contributed by atoms with Gasteiger partial charge in [0.05, 0.1) is 22.9 Å². The normalized spacial score (nSPS) is 30.3. The Morgan fingerprint density at radius 3 is 1.55 bits per heavy atom. The molecule has 0 aromatic carbocycles. The van der Waals surface area contributed by atoms with Gasteiger partial charge in [-0.3, -0.25) is 14.4 Å². The van der Waals surface area contributed by atoms with E-state index >= 15 is 0 Å². The molecule has 8 nitrogen and oxygen atoms in total. The van der Waals surface area contributed by atoms with E-state index in [2.05, 4.69) is 13.8 Å². The quantitative estimate of drug-likeness (QED) is 0.178. The molecular formula is C39H66O8. The van der Waals surface area contributed by atoms with E-state index in [1.165, 1.54) is 51.4 Å². The van der Waals surface area contributed by atoms with E-state index in [1.807, 2.05) is 41.5 Å². The molecular weight excluding hydrogens is 596 g/mol. The van der Waals surface area contributed by atoms with Gasteiger partial charge >= 0.3 is 23.9 Å². The Balaban J connectivity index is 0.000000196. The molecule has 4 bridgehead atoms. The number of cyclic esters (lactones) is 1. The fourth-order valence-corrected chi connectivity index (χ4v) is 7.42. The van der Waals surface area contributed by atoms with Crippen molar-refractivity contribution in [2.75, 3.05) is 6.61 Å². The third-order valence-corrected chi connectivity index (χ3v) is 12.3. The minimum atomic E-state index is -0.687. The van der Waals surface area contributed by atoms with Gasteiger partial charge in [0.25, 0.3) is 0 Å². The van der Waals surface area contributed by atoms with Crippen molar-refractivity contribution in [3.8, 4) is 0 Å². The van der Waals surface area contributed by atoms with E-state index in [4.69, 9.17) is 18.9 Å². The van der Waals surface area contributed by atoms with Crippen molar-refractivity contribution in [1.29, 1.82) is 0 Å². The van der Waals surface area contributed by atoms with Crippen molar-refractivity contribution in [1.82, 2.24) is 0 Å². The van der Waals surface area contributed by atoms with Gasteiger partial charge in [-0.05, 0) is 149 Å². The Labute approximate surface area is 285 Å². The van der Waals surface area contributed by atoms with Crippen LogP contribution in [-0.4, -0.2) is 48.3 Å². The zero-order chi connectivity index (χ0) is 35.2. The van der Waals surface area contributed by atoms with Gasteiger partial charge in [-0.15, -0.1) is 0 Å². The molecule has 5 aliphatic carbocycles. The second-order valence-corrected chi connectivity index (χ2v) is 17.1. The first-order valence-corrected chi connectivity index (χ1v) is 18.7. The number of carbonyl (C=O) groups excluding carboxylic acids is 4. The second kappa shape index (κ2) is 16.1. The fraction of sp³-hybridized carbons (Fsp3) is 0.897. The number of rotatable bonds is 9. The van der Waals surface area contributed by atoms with Gasteiger partial charge < -0.3 is 18.9 Å². The molecule has 8 heteroatoms. The number of hydrogen-bond donors (Lipinski definition) is 0. The first kappa shape index (κ1) is 39.3. The summed E-state index contributed by atoms with van der Waals surface area (Å²) in [7, 11) is 0. The highest BCUT2D eigenvalue weighted by atomic mass is 16.6. The molecule has 0 N–H and O–H groups in total. The summed E-state index contributed by atoms with van der Waals surface area (Å²) in [4.78, 5) is 46.8. The number of carbonyl (C=O) groups is 4. The molecule has 1 unspecified atom stereocenters. The highest BCUT2D eigenvalue weighted by Crippen LogP contribution is 2.59. The SMILES string of the molecule is CCC(C)(C)C(=O)OC1(C)C2CC3CC(C2)CC1C3.CCC(C)(C)C(=O)OC1CCCCC1.CCC(C)(C)C(=O)OC1CCOC1=O. The van der Waals surface area contributed by atoms with Crippen molar-refractivity contribution in [3.63, 3.8) is 0 Å². The topological polar surface area (TPSA) is 105 Å². The molecule has 0 radical (unpaired) electrons. The van der Waals surface area contributed by atoms with Crippen LogP contribution >= 0.6 is 0 Å². The summed E-state index contributed by atoms with van der Waals surface area (Å²) in [6.45, 7) is 20.1. The van der Waals surface area contributed by atoms with Crippen molar-refractivity contribution in [3.05, 3.63) is 0 Å². The van der Waals surface area contributed by atoms with E-state index in [-0.39, 0.29) is 40.4 Å². The highest BCUT2D eigenvalue weighted by Gasteiger charge is 2.57. The summed E-state index contributed by atoms with van der Waals surface area (Å²) < 4.78 is 21.4. The van der Waals surface area contributed by atoms with Crippen LogP contribution in [0, 0.1) is 39.9 Å². The van der Waals surface area contributed by atoms with E-state index < -0.39 is 17.5 Å². The van der Waals surface area contributed by atoms with Crippen molar-refractivity contribution in [2.45, 2.75) is 177 Å². The standard InChI is InChI=1S/C17H28O2.C12H22O2.C10H16O4/c1-5-16(2,3)15(18)19-17(4)13-7-11-6-12(9-13)10-14(17)8-11;1-4-12(2,3)11(13)14-10-8-6-5-7-9-10;1-4-10(2,3)9(12)14-7-5-6-13-8(7)11/h11-14H,5-10H2,1-4H3;10H,4-9H2,1-3H3;7H,4-6H2,1-3H3. The van der Waals surface area contributed by atoms with Crippen LogP contribution in [0.5, 0.6) is 0 Å². The molecule has 1 saturated heterocycles. The van der Waals surface area contributed by atoms with Crippen LogP contribution in [0.3, 0.4) is 0 Å². The largest absolute Gasteiger partial charge is 0.463 e. The fourth-order valence-electron chi connectivity index (χ4n) is 7.42. The third kappa shape index (κ3) is 9.97.